The summed E-state index contributed by atoms with van der Waals surface area (Å²) >= 11 is 0. The van der Waals surface area contributed by atoms with Gasteiger partial charge in [0.25, 0.3) is 0 Å². The zero-order valence-electron chi connectivity index (χ0n) is 19.0. The highest BCUT2D eigenvalue weighted by Crippen LogP contribution is 2.28. The van der Waals surface area contributed by atoms with Crippen LogP contribution in [0.3, 0.4) is 0 Å². The fourth-order valence-corrected chi connectivity index (χ4v) is 3.92. The summed E-state index contributed by atoms with van der Waals surface area (Å²) in [5.41, 5.74) is 2.94. The first-order chi connectivity index (χ1) is 15.5. The first kappa shape index (κ1) is 23.6. The number of carbonyl (C=O) groups excluding carboxylic acids is 3. The number of nitrogens with one attached hydrogen (secondary N) is 2. The third kappa shape index (κ3) is 5.59. The first-order valence-electron chi connectivity index (χ1n) is 11.2. The molecule has 1 atom stereocenters. The fourth-order valence-electron chi connectivity index (χ4n) is 3.92. The molecule has 174 valence electrons. The van der Waals surface area contributed by atoms with E-state index >= 15 is 0 Å². The molecular weight excluding hydrogens is 412 g/mol. The minimum absolute atomic E-state index is 0.239. The molecule has 2 aliphatic rings. The molecule has 1 aromatic carbocycles. The van der Waals surface area contributed by atoms with Crippen LogP contribution in [0.2, 0.25) is 0 Å². The summed E-state index contributed by atoms with van der Waals surface area (Å²) in [4.78, 5) is 41.1. The van der Waals surface area contributed by atoms with E-state index in [1.54, 1.807) is 18.7 Å². The van der Waals surface area contributed by atoms with Crippen LogP contribution in [0.4, 0.5) is 9.59 Å². The van der Waals surface area contributed by atoms with Gasteiger partial charge < -0.3 is 25.0 Å². The van der Waals surface area contributed by atoms with Crippen LogP contribution in [0, 0.1) is 0 Å². The number of hydrogen-bond donors (Lipinski definition) is 2. The summed E-state index contributed by atoms with van der Waals surface area (Å²) in [7, 11) is 0. The quantitative estimate of drug-likeness (QED) is 0.626. The van der Waals surface area contributed by atoms with Crippen molar-refractivity contribution >= 4 is 18.1 Å². The Morgan fingerprint density at radius 3 is 2.25 bits per heavy atom. The van der Waals surface area contributed by atoms with Crippen molar-refractivity contribution in [2.24, 2.45) is 0 Å². The zero-order valence-corrected chi connectivity index (χ0v) is 19.0. The van der Waals surface area contributed by atoms with Crippen LogP contribution >= 0.6 is 0 Å². The third-order valence-electron chi connectivity index (χ3n) is 5.65. The standard InChI is InChI=1S/C23H32N4O5/c1-4-16-7-9-17(10-8-16)20-19(21(28)31-5-2)18(24-22(29)25-20)15-26-11-13-27(14-12-26)23(30)32-6-3/h7-10,20H,4-6,11-15H2,1-3H3,(H2,24,25,29). The van der Waals surface area contributed by atoms with Gasteiger partial charge in [0.15, 0.2) is 0 Å². The maximum Gasteiger partial charge on any atom is 0.409 e. The Bertz CT molecular complexity index is 860. The minimum atomic E-state index is -0.593. The van der Waals surface area contributed by atoms with Crippen molar-refractivity contribution in [3.8, 4) is 0 Å². The van der Waals surface area contributed by atoms with Crippen molar-refractivity contribution in [3.05, 3.63) is 46.7 Å². The van der Waals surface area contributed by atoms with Crippen molar-refractivity contribution in [1.29, 1.82) is 0 Å². The highest BCUT2D eigenvalue weighted by Gasteiger charge is 2.35. The van der Waals surface area contributed by atoms with Gasteiger partial charge in [-0.05, 0) is 31.4 Å². The van der Waals surface area contributed by atoms with E-state index in [-0.39, 0.29) is 18.7 Å². The van der Waals surface area contributed by atoms with E-state index in [9.17, 15) is 14.4 Å². The molecule has 0 spiro atoms. The summed E-state index contributed by atoms with van der Waals surface area (Å²) in [6, 6.07) is 6.92. The van der Waals surface area contributed by atoms with Gasteiger partial charge in [0.05, 0.1) is 24.8 Å². The van der Waals surface area contributed by atoms with Crippen LogP contribution in [-0.2, 0) is 20.7 Å². The molecule has 3 amide bonds. The SMILES string of the molecule is CCOC(=O)C1=C(CN2CCN(C(=O)OCC)CC2)NC(=O)NC1c1ccc(CC)cc1. The number of amides is 3. The first-order valence-corrected chi connectivity index (χ1v) is 11.2. The molecule has 1 fully saturated rings. The van der Waals surface area contributed by atoms with Gasteiger partial charge in [-0.3, -0.25) is 4.90 Å². The number of urea groups is 1. The highest BCUT2D eigenvalue weighted by molar-refractivity contribution is 5.95. The van der Waals surface area contributed by atoms with Crippen molar-refractivity contribution < 1.29 is 23.9 Å². The Balaban J connectivity index is 1.83. The minimum Gasteiger partial charge on any atom is -0.463 e. The molecule has 9 nitrogen and oxygen atoms in total. The van der Waals surface area contributed by atoms with E-state index in [1.807, 2.05) is 24.3 Å². The lowest BCUT2D eigenvalue weighted by Gasteiger charge is -2.36. The molecule has 0 saturated carbocycles. The highest BCUT2D eigenvalue weighted by atomic mass is 16.6. The van der Waals surface area contributed by atoms with E-state index in [4.69, 9.17) is 9.47 Å². The second kappa shape index (κ2) is 11.0. The average molecular weight is 445 g/mol. The van der Waals surface area contributed by atoms with Gasteiger partial charge >= 0.3 is 18.1 Å². The van der Waals surface area contributed by atoms with Gasteiger partial charge in [-0.25, -0.2) is 14.4 Å². The van der Waals surface area contributed by atoms with Gasteiger partial charge in [0, 0.05) is 38.4 Å². The third-order valence-corrected chi connectivity index (χ3v) is 5.65. The van der Waals surface area contributed by atoms with Gasteiger partial charge in [-0.15, -0.1) is 0 Å². The van der Waals surface area contributed by atoms with E-state index in [1.165, 1.54) is 5.56 Å². The molecule has 2 aliphatic heterocycles. The average Bonchev–Trinajstić information content (AvgIpc) is 2.79. The Morgan fingerprint density at radius 2 is 1.66 bits per heavy atom. The molecule has 3 rings (SSSR count). The van der Waals surface area contributed by atoms with Gasteiger partial charge in [0.2, 0.25) is 0 Å². The number of hydrogen-bond acceptors (Lipinski definition) is 6. The van der Waals surface area contributed by atoms with Crippen LogP contribution in [0.1, 0.15) is 37.9 Å². The molecule has 2 heterocycles. The van der Waals surface area contributed by atoms with Crippen LogP contribution in [-0.4, -0.2) is 73.8 Å². The molecular formula is C23H32N4O5. The summed E-state index contributed by atoms with van der Waals surface area (Å²) in [6.45, 7) is 8.83. The second-order valence-electron chi connectivity index (χ2n) is 7.70. The van der Waals surface area contributed by atoms with E-state index in [0.29, 0.717) is 50.6 Å². The number of aryl methyl sites for hydroxylation is 1. The van der Waals surface area contributed by atoms with Crippen LogP contribution in [0.15, 0.2) is 35.5 Å². The topological polar surface area (TPSA) is 100 Å². The van der Waals surface area contributed by atoms with E-state index in [0.717, 1.165) is 12.0 Å². The maximum absolute atomic E-state index is 12.9. The number of esters is 1. The summed E-state index contributed by atoms with van der Waals surface area (Å²) in [5, 5.41) is 5.68. The van der Waals surface area contributed by atoms with E-state index < -0.39 is 12.0 Å². The molecule has 0 radical (unpaired) electrons. The summed E-state index contributed by atoms with van der Waals surface area (Å²) in [6.07, 6.45) is 0.590. The monoisotopic (exact) mass is 444 g/mol. The lowest BCUT2D eigenvalue weighted by atomic mass is 9.94. The van der Waals surface area contributed by atoms with Crippen molar-refractivity contribution in [1.82, 2.24) is 20.4 Å². The molecule has 32 heavy (non-hydrogen) atoms. The molecule has 1 aromatic rings. The Kier molecular flexibility index (Phi) is 8.10. The van der Waals surface area contributed by atoms with Gasteiger partial charge in [-0.2, -0.15) is 0 Å². The predicted octanol–water partition coefficient (Wildman–Crippen LogP) is 2.19. The largest absolute Gasteiger partial charge is 0.463 e. The lowest BCUT2D eigenvalue weighted by molar-refractivity contribution is -0.139. The maximum atomic E-state index is 12.9. The molecule has 0 aliphatic carbocycles. The molecule has 2 N–H and O–H groups in total. The normalized spacial score (nSPS) is 19.3. The number of piperazine rings is 1. The zero-order chi connectivity index (χ0) is 23.1. The van der Waals surface area contributed by atoms with Crippen molar-refractivity contribution in [2.45, 2.75) is 33.2 Å². The van der Waals surface area contributed by atoms with Gasteiger partial charge in [0.1, 0.15) is 0 Å². The van der Waals surface area contributed by atoms with Gasteiger partial charge in [-0.1, -0.05) is 31.2 Å². The Morgan fingerprint density at radius 1 is 1.00 bits per heavy atom. The Hall–Kier alpha value is -3.07. The Labute approximate surface area is 188 Å². The number of ether oxygens (including phenoxy) is 2. The molecule has 1 unspecified atom stereocenters. The molecule has 0 bridgehead atoms. The van der Waals surface area contributed by atoms with Crippen molar-refractivity contribution in [3.63, 3.8) is 0 Å². The molecule has 0 aromatic heterocycles. The second-order valence-corrected chi connectivity index (χ2v) is 7.70. The number of nitrogens with zero attached hydrogens (tertiary/aromatic N) is 2. The number of rotatable bonds is 7. The number of carbonyl (C=O) groups is 3. The molecule has 9 heteroatoms. The predicted molar refractivity (Wildman–Crippen MR) is 119 cm³/mol. The van der Waals surface area contributed by atoms with Crippen LogP contribution in [0.5, 0.6) is 0 Å². The van der Waals surface area contributed by atoms with Crippen LogP contribution in [0.25, 0.3) is 0 Å². The summed E-state index contributed by atoms with van der Waals surface area (Å²) in [5.74, 6) is -0.454. The smallest absolute Gasteiger partial charge is 0.409 e. The van der Waals surface area contributed by atoms with E-state index in [2.05, 4.69) is 22.5 Å². The van der Waals surface area contributed by atoms with Crippen LogP contribution < -0.4 is 10.6 Å². The molecule has 1 saturated heterocycles. The van der Waals surface area contributed by atoms with Crippen molar-refractivity contribution in [2.75, 3.05) is 45.9 Å². The lowest BCUT2D eigenvalue weighted by Crippen LogP contribution is -2.52. The number of benzene rings is 1. The summed E-state index contributed by atoms with van der Waals surface area (Å²) < 4.78 is 10.4. The fraction of sp³-hybridized carbons (Fsp3) is 0.522.